The molecule has 4 heteroatoms. The van der Waals surface area contributed by atoms with E-state index in [0.29, 0.717) is 12.0 Å². The smallest absolute Gasteiger partial charge is 0.0518 e. The Morgan fingerprint density at radius 1 is 1.32 bits per heavy atom. The van der Waals surface area contributed by atoms with Gasteiger partial charge in [0.1, 0.15) is 0 Å². The predicted molar refractivity (Wildman–Crippen MR) is 77.3 cm³/mol. The van der Waals surface area contributed by atoms with Crippen LogP contribution in [0, 0.1) is 0 Å². The Kier molecular flexibility index (Phi) is 3.58. The van der Waals surface area contributed by atoms with Gasteiger partial charge in [-0.05, 0) is 36.5 Å². The van der Waals surface area contributed by atoms with Gasteiger partial charge in [0, 0.05) is 30.9 Å². The van der Waals surface area contributed by atoms with Gasteiger partial charge in [0.25, 0.3) is 0 Å². The predicted octanol–water partition coefficient (Wildman–Crippen LogP) is 3.11. The molecule has 1 aromatic heterocycles. The van der Waals surface area contributed by atoms with E-state index in [-0.39, 0.29) is 0 Å². The Labute approximate surface area is 118 Å². The molecule has 1 aromatic carbocycles. The number of aryl methyl sites for hydroxylation is 1. The molecule has 0 spiro atoms. The number of nitrogens with zero attached hydrogens (tertiary/aromatic N) is 2. The number of aromatic nitrogens is 2. The summed E-state index contributed by atoms with van der Waals surface area (Å²) in [6.07, 6.45) is 4.17. The zero-order chi connectivity index (χ0) is 13.2. The van der Waals surface area contributed by atoms with Crippen molar-refractivity contribution in [1.82, 2.24) is 15.1 Å². The van der Waals surface area contributed by atoms with E-state index in [2.05, 4.69) is 28.6 Å². The van der Waals surface area contributed by atoms with Gasteiger partial charge in [-0.1, -0.05) is 29.8 Å². The zero-order valence-electron chi connectivity index (χ0n) is 11.0. The third-order valence-corrected chi connectivity index (χ3v) is 4.32. The van der Waals surface area contributed by atoms with Crippen molar-refractivity contribution in [2.45, 2.75) is 31.3 Å². The highest BCUT2D eigenvalue weighted by molar-refractivity contribution is 6.31. The third kappa shape index (κ3) is 2.67. The normalized spacial score (nSPS) is 22.2. The lowest BCUT2D eigenvalue weighted by Crippen LogP contribution is -2.40. The summed E-state index contributed by atoms with van der Waals surface area (Å²) in [5.74, 6) is 0.609. The van der Waals surface area contributed by atoms with Crippen LogP contribution in [0.4, 0.5) is 0 Å². The Hall–Kier alpha value is -1.32. The summed E-state index contributed by atoms with van der Waals surface area (Å²) in [4.78, 5) is 0. The van der Waals surface area contributed by atoms with E-state index in [4.69, 9.17) is 11.6 Å². The average Bonchev–Trinajstić information content (AvgIpc) is 2.75. The van der Waals surface area contributed by atoms with Crippen molar-refractivity contribution in [2.24, 2.45) is 7.05 Å². The van der Waals surface area contributed by atoms with Crippen molar-refractivity contribution in [3.05, 3.63) is 52.8 Å². The lowest BCUT2D eigenvalue weighted by Gasteiger charge is -2.36. The summed E-state index contributed by atoms with van der Waals surface area (Å²) in [6.45, 7) is 0.885. The quantitative estimate of drug-likeness (QED) is 0.929. The summed E-state index contributed by atoms with van der Waals surface area (Å²) < 4.78 is 1.91. The molecular formula is C15H18ClN3. The number of nitrogens with one attached hydrogen (secondary N) is 1. The summed E-state index contributed by atoms with van der Waals surface area (Å²) in [5, 5.41) is 8.65. The fraction of sp³-hybridized carbons (Fsp3) is 0.400. The first-order valence-corrected chi connectivity index (χ1v) is 7.06. The summed E-state index contributed by atoms with van der Waals surface area (Å²) in [5.41, 5.74) is 2.52. The number of hydrogen-bond donors (Lipinski definition) is 1. The highest BCUT2D eigenvalue weighted by Crippen LogP contribution is 2.39. The summed E-state index contributed by atoms with van der Waals surface area (Å²) in [6, 6.07) is 10.8. The maximum Gasteiger partial charge on any atom is 0.0518 e. The maximum absolute atomic E-state index is 6.23. The number of benzene rings is 1. The van der Waals surface area contributed by atoms with Gasteiger partial charge in [-0.2, -0.15) is 5.10 Å². The second kappa shape index (κ2) is 5.35. The van der Waals surface area contributed by atoms with E-state index >= 15 is 0 Å². The van der Waals surface area contributed by atoms with Crippen LogP contribution >= 0.6 is 11.6 Å². The molecule has 0 bridgehead atoms. The van der Waals surface area contributed by atoms with Crippen molar-refractivity contribution in [3.8, 4) is 0 Å². The van der Waals surface area contributed by atoms with Gasteiger partial charge in [0.15, 0.2) is 0 Å². The van der Waals surface area contributed by atoms with Crippen molar-refractivity contribution < 1.29 is 0 Å². The van der Waals surface area contributed by atoms with Crippen LogP contribution < -0.4 is 5.32 Å². The van der Waals surface area contributed by atoms with Crippen LogP contribution in [0.25, 0.3) is 0 Å². The zero-order valence-corrected chi connectivity index (χ0v) is 11.8. The average molecular weight is 276 g/mol. The molecule has 0 aliphatic heterocycles. The van der Waals surface area contributed by atoms with Crippen LogP contribution in [0.5, 0.6) is 0 Å². The Balaban J connectivity index is 1.51. The second-order valence-corrected chi connectivity index (χ2v) is 5.62. The molecule has 0 unspecified atom stereocenters. The Morgan fingerprint density at radius 3 is 2.79 bits per heavy atom. The van der Waals surface area contributed by atoms with E-state index in [0.717, 1.165) is 11.6 Å². The molecule has 1 saturated carbocycles. The number of halogens is 1. The fourth-order valence-corrected chi connectivity index (χ4v) is 2.96. The molecule has 2 aromatic rings. The van der Waals surface area contributed by atoms with Crippen LogP contribution in [0.15, 0.2) is 36.5 Å². The molecule has 1 aliphatic rings. The van der Waals surface area contributed by atoms with Gasteiger partial charge in [0.05, 0.1) is 5.69 Å². The molecular weight excluding hydrogens is 258 g/mol. The first kappa shape index (κ1) is 12.7. The fourth-order valence-electron chi connectivity index (χ4n) is 2.67. The molecule has 0 saturated heterocycles. The highest BCUT2D eigenvalue weighted by Gasteiger charge is 2.30. The van der Waals surface area contributed by atoms with Crippen molar-refractivity contribution in [3.63, 3.8) is 0 Å². The first-order valence-electron chi connectivity index (χ1n) is 6.68. The summed E-state index contributed by atoms with van der Waals surface area (Å²) >= 11 is 6.23. The van der Waals surface area contributed by atoms with Gasteiger partial charge < -0.3 is 5.32 Å². The molecule has 3 nitrogen and oxygen atoms in total. The lowest BCUT2D eigenvalue weighted by molar-refractivity contribution is 0.287. The van der Waals surface area contributed by atoms with Crippen LogP contribution in [0.3, 0.4) is 0 Å². The molecule has 3 rings (SSSR count). The summed E-state index contributed by atoms with van der Waals surface area (Å²) in [7, 11) is 1.98. The number of rotatable bonds is 4. The second-order valence-electron chi connectivity index (χ2n) is 5.21. The standard InChI is InChI=1S/C15H18ClN3/c1-19-13(6-7-18-19)10-17-12-8-11(9-12)14-4-2-3-5-15(14)16/h2-7,11-12,17H,8-10H2,1H3. The third-order valence-electron chi connectivity index (χ3n) is 3.98. The maximum atomic E-state index is 6.23. The van der Waals surface area contributed by atoms with Gasteiger partial charge in [0.2, 0.25) is 0 Å². The topological polar surface area (TPSA) is 29.9 Å². The molecule has 0 amide bonds. The number of hydrogen-bond acceptors (Lipinski definition) is 2. The van der Waals surface area contributed by atoms with E-state index in [1.54, 1.807) is 0 Å². The minimum Gasteiger partial charge on any atom is -0.308 e. The Morgan fingerprint density at radius 2 is 2.11 bits per heavy atom. The molecule has 1 aliphatic carbocycles. The van der Waals surface area contributed by atoms with E-state index in [9.17, 15) is 0 Å². The van der Waals surface area contributed by atoms with Crippen molar-refractivity contribution >= 4 is 11.6 Å². The molecule has 1 heterocycles. The van der Waals surface area contributed by atoms with E-state index in [1.807, 2.05) is 30.1 Å². The van der Waals surface area contributed by atoms with Gasteiger partial charge >= 0.3 is 0 Å². The van der Waals surface area contributed by atoms with Crippen LogP contribution in [0.1, 0.15) is 30.0 Å². The lowest BCUT2D eigenvalue weighted by atomic mass is 9.76. The molecule has 1 fully saturated rings. The van der Waals surface area contributed by atoms with Crippen molar-refractivity contribution in [2.75, 3.05) is 0 Å². The van der Waals surface area contributed by atoms with Gasteiger partial charge in [-0.15, -0.1) is 0 Å². The van der Waals surface area contributed by atoms with E-state index < -0.39 is 0 Å². The highest BCUT2D eigenvalue weighted by atomic mass is 35.5. The van der Waals surface area contributed by atoms with Crippen molar-refractivity contribution in [1.29, 1.82) is 0 Å². The largest absolute Gasteiger partial charge is 0.308 e. The van der Waals surface area contributed by atoms with Gasteiger partial charge in [-0.3, -0.25) is 4.68 Å². The van der Waals surface area contributed by atoms with Gasteiger partial charge in [-0.25, -0.2) is 0 Å². The van der Waals surface area contributed by atoms with Crippen LogP contribution in [-0.4, -0.2) is 15.8 Å². The van der Waals surface area contributed by atoms with Crippen LogP contribution in [-0.2, 0) is 13.6 Å². The van der Waals surface area contributed by atoms with Crippen LogP contribution in [0.2, 0.25) is 5.02 Å². The monoisotopic (exact) mass is 275 g/mol. The molecule has 100 valence electrons. The molecule has 0 radical (unpaired) electrons. The minimum atomic E-state index is 0.594. The molecule has 1 N–H and O–H groups in total. The Bertz CT molecular complexity index is 558. The van der Waals surface area contributed by atoms with E-state index in [1.165, 1.54) is 24.1 Å². The molecule has 0 atom stereocenters. The minimum absolute atomic E-state index is 0.594. The first-order chi connectivity index (χ1) is 9.24. The SMILES string of the molecule is Cn1nccc1CNC1CC(c2ccccc2Cl)C1. The molecule has 19 heavy (non-hydrogen) atoms.